The van der Waals surface area contributed by atoms with Crippen LogP contribution in [0.3, 0.4) is 0 Å². The van der Waals surface area contributed by atoms with Gasteiger partial charge in [-0.15, -0.1) is 0 Å². The first-order valence-corrected chi connectivity index (χ1v) is 6.14. The second-order valence-corrected chi connectivity index (χ2v) is 4.56. The Labute approximate surface area is 112 Å². The molecule has 1 aromatic carbocycles. The van der Waals surface area contributed by atoms with Crippen LogP contribution in [0.1, 0.15) is 19.4 Å². The molecule has 1 aromatic rings. The SMILES string of the molecule is Cc1cccc(OC(C)C(=O)NCC(C)C(=O)O)c1. The monoisotopic (exact) mass is 265 g/mol. The highest BCUT2D eigenvalue weighted by Crippen LogP contribution is 2.14. The maximum Gasteiger partial charge on any atom is 0.308 e. The molecule has 0 radical (unpaired) electrons. The summed E-state index contributed by atoms with van der Waals surface area (Å²) in [5.41, 5.74) is 1.05. The minimum Gasteiger partial charge on any atom is -0.481 e. The highest BCUT2D eigenvalue weighted by molar-refractivity contribution is 5.81. The van der Waals surface area contributed by atoms with E-state index in [1.807, 2.05) is 25.1 Å². The third-order valence-corrected chi connectivity index (χ3v) is 2.68. The fourth-order valence-corrected chi connectivity index (χ4v) is 1.43. The van der Waals surface area contributed by atoms with Gasteiger partial charge >= 0.3 is 5.97 Å². The van der Waals surface area contributed by atoms with Crippen LogP contribution in [0, 0.1) is 12.8 Å². The van der Waals surface area contributed by atoms with Crippen molar-refractivity contribution in [2.75, 3.05) is 6.54 Å². The lowest BCUT2D eigenvalue weighted by Crippen LogP contribution is -2.39. The summed E-state index contributed by atoms with van der Waals surface area (Å²) in [6.45, 7) is 5.19. The Bertz CT molecular complexity index is 459. The van der Waals surface area contributed by atoms with Gasteiger partial charge in [0.25, 0.3) is 5.91 Å². The Kier molecular flexibility index (Phi) is 5.36. The number of hydrogen-bond donors (Lipinski definition) is 2. The summed E-state index contributed by atoms with van der Waals surface area (Å²) < 4.78 is 5.49. The minimum absolute atomic E-state index is 0.0929. The number of ether oxygens (including phenoxy) is 1. The quantitative estimate of drug-likeness (QED) is 0.819. The van der Waals surface area contributed by atoms with Crippen molar-refractivity contribution in [2.24, 2.45) is 5.92 Å². The third-order valence-electron chi connectivity index (χ3n) is 2.68. The van der Waals surface area contributed by atoms with Gasteiger partial charge in [-0.1, -0.05) is 19.1 Å². The molecule has 0 heterocycles. The third kappa shape index (κ3) is 4.99. The van der Waals surface area contributed by atoms with E-state index in [4.69, 9.17) is 9.84 Å². The minimum atomic E-state index is -0.937. The average molecular weight is 265 g/mol. The zero-order chi connectivity index (χ0) is 14.4. The Hall–Kier alpha value is -2.04. The van der Waals surface area contributed by atoms with E-state index in [0.29, 0.717) is 5.75 Å². The zero-order valence-corrected chi connectivity index (χ0v) is 11.3. The van der Waals surface area contributed by atoms with Crippen molar-refractivity contribution in [3.05, 3.63) is 29.8 Å². The topological polar surface area (TPSA) is 75.6 Å². The van der Waals surface area contributed by atoms with Crippen molar-refractivity contribution >= 4 is 11.9 Å². The molecule has 5 nitrogen and oxygen atoms in total. The van der Waals surface area contributed by atoms with E-state index >= 15 is 0 Å². The van der Waals surface area contributed by atoms with Crippen molar-refractivity contribution in [2.45, 2.75) is 26.9 Å². The first kappa shape index (κ1) is 15.0. The number of carboxylic acid groups (broad SMARTS) is 1. The van der Waals surface area contributed by atoms with E-state index in [-0.39, 0.29) is 12.5 Å². The molecule has 0 spiro atoms. The summed E-state index contributed by atoms with van der Waals surface area (Å²) in [5.74, 6) is -1.26. The second kappa shape index (κ2) is 6.78. The molecule has 104 valence electrons. The van der Waals surface area contributed by atoms with Crippen LogP contribution >= 0.6 is 0 Å². The van der Waals surface area contributed by atoms with Crippen molar-refractivity contribution in [1.29, 1.82) is 0 Å². The van der Waals surface area contributed by atoms with Crippen molar-refractivity contribution in [3.8, 4) is 5.75 Å². The van der Waals surface area contributed by atoms with E-state index in [1.54, 1.807) is 13.0 Å². The van der Waals surface area contributed by atoms with Crippen LogP contribution in [0.15, 0.2) is 24.3 Å². The smallest absolute Gasteiger partial charge is 0.308 e. The molecule has 0 aromatic heterocycles. The number of carbonyl (C=O) groups excluding carboxylic acids is 1. The molecule has 0 aliphatic carbocycles. The summed E-state index contributed by atoms with van der Waals surface area (Å²) in [4.78, 5) is 22.4. The number of aryl methyl sites for hydroxylation is 1. The van der Waals surface area contributed by atoms with Crippen LogP contribution in [0.25, 0.3) is 0 Å². The van der Waals surface area contributed by atoms with Crippen molar-refractivity contribution in [1.82, 2.24) is 5.32 Å². The predicted octanol–water partition coefficient (Wildman–Crippen LogP) is 1.60. The molecule has 0 fully saturated rings. The molecule has 19 heavy (non-hydrogen) atoms. The summed E-state index contributed by atoms with van der Waals surface area (Å²) in [6, 6.07) is 7.40. The van der Waals surface area contributed by atoms with E-state index in [0.717, 1.165) is 5.56 Å². The first-order valence-electron chi connectivity index (χ1n) is 6.14. The molecule has 5 heteroatoms. The molecular formula is C14H19NO4. The Morgan fingerprint density at radius 1 is 1.37 bits per heavy atom. The van der Waals surface area contributed by atoms with E-state index in [1.165, 1.54) is 6.92 Å². The van der Waals surface area contributed by atoms with Crippen LogP contribution in [0.4, 0.5) is 0 Å². The van der Waals surface area contributed by atoms with Gasteiger partial charge in [-0.25, -0.2) is 0 Å². The van der Waals surface area contributed by atoms with Gasteiger partial charge in [0.05, 0.1) is 5.92 Å². The van der Waals surface area contributed by atoms with Crippen LogP contribution in [0.5, 0.6) is 5.75 Å². The zero-order valence-electron chi connectivity index (χ0n) is 11.3. The van der Waals surface area contributed by atoms with E-state index < -0.39 is 18.0 Å². The van der Waals surface area contributed by atoms with Crippen LogP contribution < -0.4 is 10.1 Å². The Morgan fingerprint density at radius 2 is 2.05 bits per heavy atom. The normalized spacial score (nSPS) is 13.4. The maximum atomic E-state index is 11.7. The number of carbonyl (C=O) groups is 2. The molecule has 0 saturated carbocycles. The summed E-state index contributed by atoms with van der Waals surface area (Å²) in [5, 5.41) is 11.3. The molecule has 0 saturated heterocycles. The van der Waals surface area contributed by atoms with Crippen molar-refractivity contribution in [3.63, 3.8) is 0 Å². The lowest BCUT2D eigenvalue weighted by atomic mass is 10.2. The van der Waals surface area contributed by atoms with Gasteiger partial charge in [0.15, 0.2) is 6.10 Å². The van der Waals surface area contributed by atoms with Crippen LogP contribution in [-0.2, 0) is 9.59 Å². The number of benzene rings is 1. The van der Waals surface area contributed by atoms with Gasteiger partial charge in [0.2, 0.25) is 0 Å². The number of nitrogens with one attached hydrogen (secondary N) is 1. The average Bonchev–Trinajstić information content (AvgIpc) is 2.35. The summed E-state index contributed by atoms with van der Waals surface area (Å²) in [6.07, 6.45) is -0.664. The van der Waals surface area contributed by atoms with Gasteiger partial charge in [-0.05, 0) is 31.5 Å². The van der Waals surface area contributed by atoms with Gasteiger partial charge in [0.1, 0.15) is 5.75 Å². The number of rotatable bonds is 6. The Morgan fingerprint density at radius 3 is 2.63 bits per heavy atom. The maximum absolute atomic E-state index is 11.7. The number of carboxylic acids is 1. The van der Waals surface area contributed by atoms with E-state index in [2.05, 4.69) is 5.32 Å². The lowest BCUT2D eigenvalue weighted by Gasteiger charge is -2.16. The lowest BCUT2D eigenvalue weighted by molar-refractivity contribution is -0.141. The fraction of sp³-hybridized carbons (Fsp3) is 0.429. The van der Waals surface area contributed by atoms with Gasteiger partial charge < -0.3 is 15.2 Å². The predicted molar refractivity (Wildman–Crippen MR) is 71.1 cm³/mol. The molecule has 1 amide bonds. The van der Waals surface area contributed by atoms with Crippen LogP contribution in [-0.4, -0.2) is 29.6 Å². The second-order valence-electron chi connectivity index (χ2n) is 4.56. The van der Waals surface area contributed by atoms with E-state index in [9.17, 15) is 9.59 Å². The molecule has 0 aliphatic rings. The fourth-order valence-electron chi connectivity index (χ4n) is 1.43. The number of amides is 1. The Balaban J connectivity index is 2.47. The molecule has 0 bridgehead atoms. The van der Waals surface area contributed by atoms with Crippen LogP contribution in [0.2, 0.25) is 0 Å². The molecule has 2 N–H and O–H groups in total. The number of aliphatic carboxylic acids is 1. The molecule has 1 rings (SSSR count). The summed E-state index contributed by atoms with van der Waals surface area (Å²) in [7, 11) is 0. The van der Waals surface area contributed by atoms with Crippen molar-refractivity contribution < 1.29 is 19.4 Å². The standard InChI is InChI=1S/C14H19NO4/c1-9-5-4-6-12(7-9)19-11(3)13(16)15-8-10(2)14(17)18/h4-7,10-11H,8H2,1-3H3,(H,15,16)(H,17,18). The van der Waals surface area contributed by atoms with Gasteiger partial charge in [0, 0.05) is 6.54 Å². The first-order chi connectivity index (χ1) is 8.90. The molecule has 2 atom stereocenters. The van der Waals surface area contributed by atoms with Gasteiger partial charge in [-0.3, -0.25) is 9.59 Å². The number of hydrogen-bond acceptors (Lipinski definition) is 3. The molecule has 2 unspecified atom stereocenters. The van der Waals surface area contributed by atoms with Gasteiger partial charge in [-0.2, -0.15) is 0 Å². The summed E-state index contributed by atoms with van der Waals surface area (Å²) >= 11 is 0. The molecule has 0 aliphatic heterocycles. The largest absolute Gasteiger partial charge is 0.481 e. The highest BCUT2D eigenvalue weighted by atomic mass is 16.5. The highest BCUT2D eigenvalue weighted by Gasteiger charge is 2.17. The molecular weight excluding hydrogens is 246 g/mol.